The molecular weight excluding hydrogens is 438 g/mol. The number of hydrogen-bond acceptors (Lipinski definition) is 5. The minimum atomic E-state index is -0.566. The highest BCUT2D eigenvalue weighted by molar-refractivity contribution is 6.02. The van der Waals surface area contributed by atoms with Crippen molar-refractivity contribution in [2.45, 2.75) is 79.6 Å². The van der Waals surface area contributed by atoms with Gasteiger partial charge in [0.05, 0.1) is 18.1 Å². The second-order valence-corrected chi connectivity index (χ2v) is 13.4. The lowest BCUT2D eigenvalue weighted by Gasteiger charge is -2.63. The van der Waals surface area contributed by atoms with Crippen molar-refractivity contribution in [1.29, 1.82) is 5.26 Å². The van der Waals surface area contributed by atoms with Crippen LogP contribution in [0.5, 0.6) is 0 Å². The SMILES string of the molecule is COC(=O)[C@@]12CCC3C(C(=O)C=C4[C@@]5(C)C=C(C#N)C(=O)[C@@H](C)C5CC[C@]43C)C1CC(C)(C)CC2. The molecule has 3 fully saturated rings. The van der Waals surface area contributed by atoms with Crippen molar-refractivity contribution in [2.24, 2.45) is 51.2 Å². The quantitative estimate of drug-likeness (QED) is 0.459. The highest BCUT2D eigenvalue weighted by Gasteiger charge is 2.66. The van der Waals surface area contributed by atoms with E-state index in [0.29, 0.717) is 0 Å². The van der Waals surface area contributed by atoms with Gasteiger partial charge in [-0.2, -0.15) is 5.26 Å². The lowest BCUT2D eigenvalue weighted by molar-refractivity contribution is -0.177. The molecule has 0 aromatic heterocycles. The van der Waals surface area contributed by atoms with Crippen LogP contribution in [0.25, 0.3) is 0 Å². The molecule has 5 heteroatoms. The van der Waals surface area contributed by atoms with Gasteiger partial charge in [0.1, 0.15) is 6.07 Å². The fourth-order valence-corrected chi connectivity index (χ4v) is 9.45. The molecule has 0 aromatic rings. The summed E-state index contributed by atoms with van der Waals surface area (Å²) in [5, 5.41) is 9.70. The lowest BCUT2D eigenvalue weighted by atomic mass is 9.39. The first-order valence-electron chi connectivity index (χ1n) is 13.4. The summed E-state index contributed by atoms with van der Waals surface area (Å²) in [6, 6.07) is 2.14. The van der Waals surface area contributed by atoms with Crippen LogP contribution in [-0.2, 0) is 19.1 Å². The van der Waals surface area contributed by atoms with Crippen molar-refractivity contribution in [2.75, 3.05) is 7.11 Å². The number of methoxy groups -OCH3 is 1. The summed E-state index contributed by atoms with van der Waals surface area (Å²) < 4.78 is 5.36. The number of ketones is 2. The fourth-order valence-electron chi connectivity index (χ4n) is 9.45. The van der Waals surface area contributed by atoms with Gasteiger partial charge in [0, 0.05) is 17.3 Å². The fraction of sp³-hybridized carbons (Fsp3) is 0.733. The molecular formula is C30H39NO4. The van der Waals surface area contributed by atoms with Gasteiger partial charge in [-0.1, -0.05) is 46.3 Å². The Bertz CT molecular complexity index is 1110. The molecule has 0 radical (unpaired) electrons. The van der Waals surface area contributed by atoms with E-state index in [0.717, 1.165) is 50.5 Å². The molecule has 0 heterocycles. The zero-order valence-corrected chi connectivity index (χ0v) is 22.1. The molecule has 0 aromatic carbocycles. The number of carbonyl (C=O) groups excluding carboxylic acids is 3. The van der Waals surface area contributed by atoms with Crippen LogP contribution in [0.3, 0.4) is 0 Å². The number of esters is 1. The van der Waals surface area contributed by atoms with E-state index in [1.807, 2.05) is 19.1 Å². The first-order chi connectivity index (χ1) is 16.3. The number of nitriles is 1. The van der Waals surface area contributed by atoms with Gasteiger partial charge in [0.25, 0.3) is 0 Å². The summed E-state index contributed by atoms with van der Waals surface area (Å²) in [6.45, 7) is 10.9. The minimum Gasteiger partial charge on any atom is -0.469 e. The standard InChI is InChI=1S/C30H39NO4/c1-17-19-7-9-28(4)20-8-10-30(26(34)35-6)12-11-27(2,3)15-21(30)24(20)22(32)13-23(28)29(19,5)14-18(16-31)25(17)33/h13-14,17,19-21,24H,7-12,15H2,1-6H3/t17-,19?,20?,21?,24?,28-,29-,30+/m0/s1. The van der Waals surface area contributed by atoms with E-state index < -0.39 is 10.8 Å². The normalized spacial score (nSPS) is 46.0. The van der Waals surface area contributed by atoms with Gasteiger partial charge < -0.3 is 4.74 Å². The highest BCUT2D eigenvalue weighted by atomic mass is 16.5. The van der Waals surface area contributed by atoms with Gasteiger partial charge >= 0.3 is 5.97 Å². The van der Waals surface area contributed by atoms with Crippen molar-refractivity contribution >= 4 is 17.5 Å². The van der Waals surface area contributed by atoms with Crippen LogP contribution in [0, 0.1) is 62.6 Å². The smallest absolute Gasteiger partial charge is 0.312 e. The molecule has 0 saturated heterocycles. The number of rotatable bonds is 1. The molecule has 3 saturated carbocycles. The molecule has 188 valence electrons. The third-order valence-electron chi connectivity index (χ3n) is 11.3. The van der Waals surface area contributed by atoms with E-state index >= 15 is 0 Å². The van der Waals surface area contributed by atoms with Crippen LogP contribution in [-0.4, -0.2) is 24.6 Å². The second kappa shape index (κ2) is 7.64. The number of carbonyl (C=O) groups is 3. The molecule has 4 unspecified atom stereocenters. The van der Waals surface area contributed by atoms with E-state index in [1.54, 1.807) is 0 Å². The molecule has 0 spiro atoms. The van der Waals surface area contributed by atoms with Crippen LogP contribution in [0.4, 0.5) is 0 Å². The third-order valence-corrected chi connectivity index (χ3v) is 11.3. The van der Waals surface area contributed by atoms with E-state index in [4.69, 9.17) is 4.74 Å². The molecule has 35 heavy (non-hydrogen) atoms. The summed E-state index contributed by atoms with van der Waals surface area (Å²) in [7, 11) is 1.48. The largest absolute Gasteiger partial charge is 0.469 e. The van der Waals surface area contributed by atoms with Crippen molar-refractivity contribution < 1.29 is 19.1 Å². The molecule has 5 aliphatic rings. The molecule has 5 nitrogen and oxygen atoms in total. The number of nitrogens with zero attached hydrogens (tertiary/aromatic N) is 1. The summed E-state index contributed by atoms with van der Waals surface area (Å²) in [6.07, 6.45) is 9.82. The Morgan fingerprint density at radius 2 is 1.71 bits per heavy atom. The average Bonchev–Trinajstić information content (AvgIpc) is 2.81. The maximum Gasteiger partial charge on any atom is 0.312 e. The first-order valence-corrected chi connectivity index (χ1v) is 13.4. The summed E-state index contributed by atoms with van der Waals surface area (Å²) >= 11 is 0. The Hall–Kier alpha value is -2.22. The van der Waals surface area contributed by atoms with Gasteiger partial charge in [0.15, 0.2) is 11.6 Å². The topological polar surface area (TPSA) is 84.2 Å². The van der Waals surface area contributed by atoms with Gasteiger partial charge in [-0.15, -0.1) is 0 Å². The Morgan fingerprint density at radius 3 is 2.37 bits per heavy atom. The molecule has 0 aliphatic heterocycles. The van der Waals surface area contributed by atoms with Crippen LogP contribution >= 0.6 is 0 Å². The second-order valence-electron chi connectivity index (χ2n) is 13.4. The van der Waals surface area contributed by atoms with E-state index in [9.17, 15) is 19.6 Å². The summed E-state index contributed by atoms with van der Waals surface area (Å²) in [5.41, 5.74) is 0.199. The molecule has 0 N–H and O–H groups in total. The summed E-state index contributed by atoms with van der Waals surface area (Å²) in [5.74, 6) is -0.226. The predicted octanol–water partition coefficient (Wildman–Crippen LogP) is 5.60. The monoisotopic (exact) mass is 477 g/mol. The van der Waals surface area contributed by atoms with E-state index in [-0.39, 0.29) is 63.5 Å². The summed E-state index contributed by atoms with van der Waals surface area (Å²) in [4.78, 5) is 40.1. The number of allylic oxidation sites excluding steroid dienone is 4. The zero-order valence-electron chi connectivity index (χ0n) is 22.1. The van der Waals surface area contributed by atoms with E-state index in [2.05, 4.69) is 33.8 Å². The Morgan fingerprint density at radius 1 is 1.03 bits per heavy atom. The predicted molar refractivity (Wildman–Crippen MR) is 132 cm³/mol. The molecule has 8 atom stereocenters. The number of Topliss-reactive ketones (excluding diaryl/α,β-unsaturated/α-hetero) is 1. The molecule has 0 bridgehead atoms. The molecule has 5 rings (SSSR count). The van der Waals surface area contributed by atoms with Gasteiger partial charge in [0.2, 0.25) is 0 Å². The number of fused-ring (bicyclic) bond motifs is 7. The zero-order chi connectivity index (χ0) is 25.6. The maximum atomic E-state index is 14.1. The first kappa shape index (κ1) is 24.5. The van der Waals surface area contributed by atoms with Crippen LogP contribution in [0.1, 0.15) is 79.6 Å². The van der Waals surface area contributed by atoms with E-state index in [1.165, 1.54) is 7.11 Å². The Labute approximate surface area is 209 Å². The maximum absolute atomic E-state index is 14.1. The average molecular weight is 478 g/mol. The van der Waals surface area contributed by atoms with Crippen molar-refractivity contribution in [3.05, 3.63) is 23.3 Å². The Kier molecular flexibility index (Phi) is 5.34. The number of hydrogen-bond donors (Lipinski definition) is 0. The number of ether oxygens (including phenoxy) is 1. The van der Waals surface area contributed by atoms with Crippen LogP contribution in [0.15, 0.2) is 23.3 Å². The van der Waals surface area contributed by atoms with Crippen LogP contribution < -0.4 is 0 Å². The van der Waals surface area contributed by atoms with Crippen molar-refractivity contribution in [3.8, 4) is 6.07 Å². The van der Waals surface area contributed by atoms with Gasteiger partial charge in [-0.05, 0) is 79.6 Å². The van der Waals surface area contributed by atoms with Gasteiger partial charge in [-0.25, -0.2) is 0 Å². The third kappa shape index (κ3) is 3.14. The van der Waals surface area contributed by atoms with Crippen molar-refractivity contribution in [1.82, 2.24) is 0 Å². The van der Waals surface area contributed by atoms with Gasteiger partial charge in [-0.3, -0.25) is 14.4 Å². The van der Waals surface area contributed by atoms with Crippen LogP contribution in [0.2, 0.25) is 0 Å². The Balaban J connectivity index is 1.64. The minimum absolute atomic E-state index is 0.0119. The van der Waals surface area contributed by atoms with Crippen molar-refractivity contribution in [3.63, 3.8) is 0 Å². The lowest BCUT2D eigenvalue weighted by Crippen LogP contribution is -2.61. The molecule has 0 amide bonds. The highest BCUT2D eigenvalue weighted by Crippen LogP contribution is 2.69. The molecule has 5 aliphatic carbocycles.